The van der Waals surface area contributed by atoms with E-state index in [4.69, 9.17) is 15.2 Å². The minimum Gasteiger partial charge on any atom is -0.467 e. The van der Waals surface area contributed by atoms with Gasteiger partial charge in [-0.25, -0.2) is 0 Å². The van der Waals surface area contributed by atoms with Crippen LogP contribution in [0.4, 0.5) is 5.69 Å². The predicted molar refractivity (Wildman–Crippen MR) is 48.1 cm³/mol. The average molecular weight is 167 g/mol. The van der Waals surface area contributed by atoms with Gasteiger partial charge < -0.3 is 15.2 Å². The van der Waals surface area contributed by atoms with E-state index < -0.39 is 0 Å². The number of aryl methyl sites for hydroxylation is 1. The molecule has 3 nitrogen and oxygen atoms in total. The Kier molecular flexibility index (Phi) is 2.94. The van der Waals surface area contributed by atoms with Crippen molar-refractivity contribution in [2.24, 2.45) is 0 Å². The molecule has 1 aromatic rings. The molecule has 2 N–H and O–H groups in total. The zero-order valence-electron chi connectivity index (χ0n) is 7.33. The van der Waals surface area contributed by atoms with Gasteiger partial charge in [0.25, 0.3) is 0 Å². The summed E-state index contributed by atoms with van der Waals surface area (Å²) in [4.78, 5) is 0. The van der Waals surface area contributed by atoms with Crippen molar-refractivity contribution >= 4 is 5.69 Å². The van der Waals surface area contributed by atoms with Crippen LogP contribution < -0.4 is 10.5 Å². The van der Waals surface area contributed by atoms with Gasteiger partial charge in [0.1, 0.15) is 5.75 Å². The molecular weight excluding hydrogens is 154 g/mol. The van der Waals surface area contributed by atoms with Gasteiger partial charge in [-0.3, -0.25) is 0 Å². The molecular formula is C9H13NO2. The van der Waals surface area contributed by atoms with Gasteiger partial charge in [0.05, 0.1) is 0 Å². The minimum absolute atomic E-state index is 0.253. The Bertz CT molecular complexity index is 240. The highest BCUT2D eigenvalue weighted by Gasteiger charge is 1.95. The zero-order chi connectivity index (χ0) is 8.97. The van der Waals surface area contributed by atoms with E-state index >= 15 is 0 Å². The SMILES string of the molecule is COCOc1cc(C)cc(N)c1. The van der Waals surface area contributed by atoms with Gasteiger partial charge in [0.2, 0.25) is 0 Å². The van der Waals surface area contributed by atoms with E-state index in [-0.39, 0.29) is 6.79 Å². The van der Waals surface area contributed by atoms with Crippen molar-refractivity contribution in [3.05, 3.63) is 23.8 Å². The lowest BCUT2D eigenvalue weighted by molar-refractivity contribution is 0.0511. The first-order chi connectivity index (χ1) is 5.72. The van der Waals surface area contributed by atoms with Crippen molar-refractivity contribution in [2.45, 2.75) is 6.92 Å². The Morgan fingerprint density at radius 1 is 1.33 bits per heavy atom. The lowest BCUT2D eigenvalue weighted by Crippen LogP contribution is -1.99. The molecule has 0 atom stereocenters. The molecule has 0 fully saturated rings. The molecule has 0 amide bonds. The van der Waals surface area contributed by atoms with E-state index in [2.05, 4.69) is 0 Å². The predicted octanol–water partition coefficient (Wildman–Crippen LogP) is 1.56. The molecule has 66 valence electrons. The topological polar surface area (TPSA) is 44.5 Å². The maximum atomic E-state index is 5.61. The first kappa shape index (κ1) is 8.87. The third-order valence-corrected chi connectivity index (χ3v) is 1.42. The number of nitrogens with two attached hydrogens (primary N) is 1. The van der Waals surface area contributed by atoms with E-state index in [0.717, 1.165) is 11.3 Å². The van der Waals surface area contributed by atoms with Crippen LogP contribution in [0.25, 0.3) is 0 Å². The Hall–Kier alpha value is -1.22. The summed E-state index contributed by atoms with van der Waals surface area (Å²) >= 11 is 0. The molecule has 0 aliphatic rings. The van der Waals surface area contributed by atoms with E-state index in [9.17, 15) is 0 Å². The Morgan fingerprint density at radius 2 is 2.08 bits per heavy atom. The molecule has 0 aliphatic heterocycles. The fourth-order valence-electron chi connectivity index (χ4n) is 0.987. The maximum Gasteiger partial charge on any atom is 0.188 e. The first-order valence-corrected chi connectivity index (χ1v) is 3.71. The third kappa shape index (κ3) is 2.43. The molecule has 0 aromatic heterocycles. The summed E-state index contributed by atoms with van der Waals surface area (Å²) in [5, 5.41) is 0. The van der Waals surface area contributed by atoms with E-state index in [0.29, 0.717) is 5.69 Å². The summed E-state index contributed by atoms with van der Waals surface area (Å²) in [5.74, 6) is 0.745. The maximum absolute atomic E-state index is 5.61. The van der Waals surface area contributed by atoms with Crippen molar-refractivity contribution in [1.29, 1.82) is 0 Å². The summed E-state index contributed by atoms with van der Waals surface area (Å²) in [7, 11) is 1.58. The van der Waals surface area contributed by atoms with Crippen LogP contribution in [0.1, 0.15) is 5.56 Å². The summed E-state index contributed by atoms with van der Waals surface area (Å²) in [5.41, 5.74) is 7.40. The van der Waals surface area contributed by atoms with Crippen molar-refractivity contribution in [2.75, 3.05) is 19.6 Å². The fourth-order valence-corrected chi connectivity index (χ4v) is 0.987. The highest BCUT2D eigenvalue weighted by molar-refractivity contribution is 5.47. The highest BCUT2D eigenvalue weighted by atomic mass is 16.7. The Balaban J connectivity index is 2.72. The van der Waals surface area contributed by atoms with Gasteiger partial charge in [0.15, 0.2) is 6.79 Å². The Labute approximate surface area is 72.1 Å². The van der Waals surface area contributed by atoms with Gasteiger partial charge in [-0.2, -0.15) is 0 Å². The van der Waals surface area contributed by atoms with Gasteiger partial charge in [-0.15, -0.1) is 0 Å². The van der Waals surface area contributed by atoms with Crippen molar-refractivity contribution < 1.29 is 9.47 Å². The van der Waals surface area contributed by atoms with Crippen LogP contribution in [0.5, 0.6) is 5.75 Å². The number of hydrogen-bond donors (Lipinski definition) is 1. The van der Waals surface area contributed by atoms with Gasteiger partial charge in [-0.1, -0.05) is 0 Å². The minimum atomic E-state index is 0.253. The summed E-state index contributed by atoms with van der Waals surface area (Å²) in [6.07, 6.45) is 0. The van der Waals surface area contributed by atoms with Gasteiger partial charge in [0, 0.05) is 18.9 Å². The number of methoxy groups -OCH3 is 1. The summed E-state index contributed by atoms with van der Waals surface area (Å²) in [6, 6.07) is 5.57. The number of benzene rings is 1. The second-order valence-electron chi connectivity index (χ2n) is 2.63. The molecule has 3 heteroatoms. The standard InChI is InChI=1S/C9H13NO2/c1-7-3-8(10)5-9(4-7)12-6-11-2/h3-5H,6,10H2,1-2H3. The van der Waals surface area contributed by atoms with Crippen LogP contribution in [-0.4, -0.2) is 13.9 Å². The molecule has 12 heavy (non-hydrogen) atoms. The van der Waals surface area contributed by atoms with Gasteiger partial charge in [-0.05, 0) is 24.6 Å². The molecule has 0 saturated heterocycles. The lowest BCUT2D eigenvalue weighted by atomic mass is 10.2. The van der Waals surface area contributed by atoms with Crippen LogP contribution in [0.2, 0.25) is 0 Å². The largest absolute Gasteiger partial charge is 0.467 e. The third-order valence-electron chi connectivity index (χ3n) is 1.42. The smallest absolute Gasteiger partial charge is 0.188 e. The van der Waals surface area contributed by atoms with E-state index in [1.54, 1.807) is 13.2 Å². The molecule has 0 spiro atoms. The zero-order valence-corrected chi connectivity index (χ0v) is 7.33. The summed E-state index contributed by atoms with van der Waals surface area (Å²) in [6.45, 7) is 2.22. The van der Waals surface area contributed by atoms with Crippen molar-refractivity contribution in [3.63, 3.8) is 0 Å². The van der Waals surface area contributed by atoms with Gasteiger partial charge >= 0.3 is 0 Å². The molecule has 1 rings (SSSR count). The van der Waals surface area contributed by atoms with Crippen LogP contribution >= 0.6 is 0 Å². The monoisotopic (exact) mass is 167 g/mol. The van der Waals surface area contributed by atoms with Crippen molar-refractivity contribution in [3.8, 4) is 5.75 Å². The molecule has 0 radical (unpaired) electrons. The number of rotatable bonds is 3. The molecule has 1 aromatic carbocycles. The van der Waals surface area contributed by atoms with E-state index in [1.165, 1.54) is 0 Å². The van der Waals surface area contributed by atoms with Crippen LogP contribution in [0.3, 0.4) is 0 Å². The summed E-state index contributed by atoms with van der Waals surface area (Å²) < 4.78 is 9.98. The highest BCUT2D eigenvalue weighted by Crippen LogP contribution is 2.17. The average Bonchev–Trinajstić information content (AvgIpc) is 1.99. The fraction of sp³-hybridized carbons (Fsp3) is 0.333. The van der Waals surface area contributed by atoms with Crippen molar-refractivity contribution in [1.82, 2.24) is 0 Å². The molecule has 0 heterocycles. The second kappa shape index (κ2) is 3.97. The van der Waals surface area contributed by atoms with Crippen LogP contribution in [0, 0.1) is 6.92 Å². The first-order valence-electron chi connectivity index (χ1n) is 3.71. The molecule has 0 saturated carbocycles. The molecule has 0 aliphatic carbocycles. The lowest BCUT2D eigenvalue weighted by Gasteiger charge is -2.06. The molecule has 0 unspecified atom stereocenters. The number of ether oxygens (including phenoxy) is 2. The van der Waals surface area contributed by atoms with Crippen LogP contribution in [0.15, 0.2) is 18.2 Å². The van der Waals surface area contributed by atoms with Crippen LogP contribution in [-0.2, 0) is 4.74 Å². The normalized spacial score (nSPS) is 9.83. The quantitative estimate of drug-likeness (QED) is 0.549. The number of anilines is 1. The molecule has 0 bridgehead atoms. The second-order valence-corrected chi connectivity index (χ2v) is 2.63. The number of hydrogen-bond acceptors (Lipinski definition) is 3. The van der Waals surface area contributed by atoms with E-state index in [1.807, 2.05) is 19.1 Å². The number of nitrogen functional groups attached to an aromatic ring is 1. The Morgan fingerprint density at radius 3 is 2.67 bits per heavy atom.